The first-order valence-electron chi connectivity index (χ1n) is 10.5. The molecule has 5 N–H and O–H groups in total. The number of aliphatic hydroxyl groups excluding tert-OH is 3. The van der Waals surface area contributed by atoms with E-state index in [9.17, 15) is 30.3 Å². The number of fused-ring (bicyclic) bond motifs is 2. The lowest BCUT2D eigenvalue weighted by molar-refractivity contribution is -0.187. The van der Waals surface area contributed by atoms with E-state index in [0.717, 1.165) is 0 Å². The van der Waals surface area contributed by atoms with Gasteiger partial charge in [-0.05, 0) is 38.5 Å². The Morgan fingerprint density at radius 3 is 2.28 bits per heavy atom. The van der Waals surface area contributed by atoms with Crippen LogP contribution in [0.1, 0.15) is 53.4 Å². The van der Waals surface area contributed by atoms with Crippen molar-refractivity contribution >= 4 is 5.97 Å². The number of esters is 1. The monoisotopic (exact) mass is 410 g/mol. The normalized spacial score (nSPS) is 55.8. The molecule has 0 aromatic rings. The van der Waals surface area contributed by atoms with Gasteiger partial charge >= 0.3 is 5.97 Å². The van der Waals surface area contributed by atoms with Gasteiger partial charge in [0, 0.05) is 23.7 Å². The molecule has 0 aromatic carbocycles. The molecule has 0 amide bonds. The molecule has 2 bridgehead atoms. The third-order valence-corrected chi connectivity index (χ3v) is 9.01. The lowest BCUT2D eigenvalue weighted by Gasteiger charge is -2.48. The molecule has 10 atom stereocenters. The maximum atomic E-state index is 11.9. The van der Waals surface area contributed by atoms with Crippen LogP contribution in [0.15, 0.2) is 12.2 Å². The van der Waals surface area contributed by atoms with Crippen LogP contribution in [0.2, 0.25) is 0 Å². The number of hydrogen-bond donors (Lipinski definition) is 5. The van der Waals surface area contributed by atoms with Gasteiger partial charge < -0.3 is 30.3 Å². The first kappa shape index (κ1) is 21.2. The van der Waals surface area contributed by atoms with Gasteiger partial charge in [-0.1, -0.05) is 26.0 Å². The molecule has 0 unspecified atom stereocenters. The summed E-state index contributed by atoms with van der Waals surface area (Å²) in [4.78, 5) is 11.9. The van der Waals surface area contributed by atoms with Gasteiger partial charge in [0.2, 0.25) is 0 Å². The van der Waals surface area contributed by atoms with Crippen molar-refractivity contribution in [3.63, 3.8) is 0 Å². The van der Waals surface area contributed by atoms with Crippen LogP contribution >= 0.6 is 0 Å². The van der Waals surface area contributed by atoms with Crippen molar-refractivity contribution < 1.29 is 35.1 Å². The topological polar surface area (TPSA) is 127 Å². The quantitative estimate of drug-likeness (QED) is 0.315. The van der Waals surface area contributed by atoms with Crippen LogP contribution in [-0.2, 0) is 9.53 Å². The second-order valence-corrected chi connectivity index (χ2v) is 10.8. The Bertz CT molecular complexity index is 745. The smallest absolute Gasteiger partial charge is 0.302 e. The molecule has 0 aliphatic heterocycles. The molecule has 0 radical (unpaired) electrons. The van der Waals surface area contributed by atoms with E-state index in [1.807, 2.05) is 0 Å². The summed E-state index contributed by atoms with van der Waals surface area (Å²) in [5.74, 6) is -2.10. The Labute approximate surface area is 171 Å². The van der Waals surface area contributed by atoms with Gasteiger partial charge in [0.05, 0.1) is 29.8 Å². The van der Waals surface area contributed by atoms with E-state index < -0.39 is 64.3 Å². The fraction of sp³-hybridized carbons (Fsp3) is 0.864. The zero-order chi connectivity index (χ0) is 21.7. The highest BCUT2D eigenvalue weighted by molar-refractivity contribution is 5.66. The molecule has 4 fully saturated rings. The standard InChI is InChI=1S/C22H34O7/c1-10-12-6-14(24)17-18(29-11(2)23)21(12,9-20(17,5)27)8-16(26)22(28)13(10)7-15(25)19(22,3)4/h12-18,24-28H,1,6-9H2,2-5H3/t12-,13-,14+,15-,16+,17+,18-,20+,21-,22-/m0/s1. The number of carbonyl (C=O) groups is 1. The Morgan fingerprint density at radius 1 is 1.07 bits per heavy atom. The lowest BCUT2D eigenvalue weighted by atomic mass is 9.60. The van der Waals surface area contributed by atoms with Gasteiger partial charge in [0.1, 0.15) is 11.7 Å². The van der Waals surface area contributed by atoms with Crippen molar-refractivity contribution in [2.24, 2.45) is 28.6 Å². The molecule has 7 nitrogen and oxygen atoms in total. The van der Waals surface area contributed by atoms with Gasteiger partial charge in [-0.2, -0.15) is 0 Å². The maximum absolute atomic E-state index is 11.9. The van der Waals surface area contributed by atoms with Gasteiger partial charge in [-0.15, -0.1) is 0 Å². The van der Waals surface area contributed by atoms with Crippen LogP contribution in [0.3, 0.4) is 0 Å². The molecule has 1 spiro atoms. The van der Waals surface area contributed by atoms with Crippen LogP contribution in [-0.4, -0.2) is 67.1 Å². The highest BCUT2D eigenvalue weighted by atomic mass is 16.5. The van der Waals surface area contributed by atoms with Crippen LogP contribution in [0.5, 0.6) is 0 Å². The molecule has 7 heteroatoms. The number of rotatable bonds is 1. The highest BCUT2D eigenvalue weighted by Gasteiger charge is 2.74. The predicted molar refractivity (Wildman–Crippen MR) is 103 cm³/mol. The van der Waals surface area contributed by atoms with Gasteiger partial charge in [-0.25, -0.2) is 0 Å². The van der Waals surface area contributed by atoms with E-state index in [1.165, 1.54) is 6.92 Å². The zero-order valence-electron chi connectivity index (χ0n) is 17.6. The molecular formula is C22H34O7. The summed E-state index contributed by atoms with van der Waals surface area (Å²) in [6.07, 6.45) is -2.81. The SMILES string of the molecule is C=C1[C@@H]2C[C@@H](O)[C@@H]3[C@H](OC(C)=O)[C@@]2(C[C@@H](O)[C@@]2(O)[C@H]1C[C@H](O)C2(C)C)C[C@@]3(C)O. The van der Waals surface area contributed by atoms with E-state index in [1.54, 1.807) is 20.8 Å². The van der Waals surface area contributed by atoms with E-state index in [-0.39, 0.29) is 25.2 Å². The average molecular weight is 411 g/mol. The van der Waals surface area contributed by atoms with Crippen molar-refractivity contribution in [1.82, 2.24) is 0 Å². The van der Waals surface area contributed by atoms with Crippen molar-refractivity contribution in [2.45, 2.75) is 89.0 Å². The molecule has 4 aliphatic rings. The Balaban J connectivity index is 1.88. The maximum Gasteiger partial charge on any atom is 0.302 e. The Kier molecular flexibility index (Phi) is 4.42. The number of ether oxygens (including phenoxy) is 1. The molecule has 0 saturated heterocycles. The third-order valence-electron chi connectivity index (χ3n) is 9.01. The van der Waals surface area contributed by atoms with Crippen molar-refractivity contribution in [3.05, 3.63) is 12.2 Å². The number of carbonyl (C=O) groups excluding carboxylic acids is 1. The average Bonchev–Trinajstić information content (AvgIpc) is 2.84. The molecule has 4 saturated carbocycles. The minimum absolute atomic E-state index is 0.0944. The van der Waals surface area contributed by atoms with Crippen LogP contribution in [0, 0.1) is 28.6 Å². The number of hydrogen-bond acceptors (Lipinski definition) is 7. The molecular weight excluding hydrogens is 376 g/mol. The Hall–Kier alpha value is -0.990. The summed E-state index contributed by atoms with van der Waals surface area (Å²) in [6.45, 7) is 10.7. The summed E-state index contributed by atoms with van der Waals surface area (Å²) in [7, 11) is 0. The predicted octanol–water partition coefficient (Wildman–Crippen LogP) is 0.515. The molecule has 0 aromatic heterocycles. The van der Waals surface area contributed by atoms with Crippen molar-refractivity contribution in [1.29, 1.82) is 0 Å². The fourth-order valence-electron chi connectivity index (χ4n) is 7.62. The Morgan fingerprint density at radius 2 is 1.69 bits per heavy atom. The van der Waals surface area contributed by atoms with E-state index >= 15 is 0 Å². The zero-order valence-corrected chi connectivity index (χ0v) is 17.6. The first-order valence-corrected chi connectivity index (χ1v) is 10.5. The van der Waals surface area contributed by atoms with Crippen LogP contribution < -0.4 is 0 Å². The third kappa shape index (κ3) is 2.45. The molecule has 29 heavy (non-hydrogen) atoms. The first-order chi connectivity index (χ1) is 13.2. The summed E-state index contributed by atoms with van der Waals surface area (Å²) in [5, 5.41) is 55.8. The second-order valence-electron chi connectivity index (χ2n) is 10.8. The van der Waals surface area contributed by atoms with Crippen LogP contribution in [0.4, 0.5) is 0 Å². The molecule has 4 aliphatic carbocycles. The minimum atomic E-state index is -1.61. The van der Waals surface area contributed by atoms with Crippen molar-refractivity contribution in [2.75, 3.05) is 0 Å². The lowest BCUT2D eigenvalue weighted by Crippen LogP contribution is -2.57. The summed E-state index contributed by atoms with van der Waals surface area (Å²) in [6, 6.07) is 0. The van der Waals surface area contributed by atoms with Gasteiger partial charge in [-0.3, -0.25) is 4.79 Å². The summed E-state index contributed by atoms with van der Waals surface area (Å²) < 4.78 is 5.68. The second kappa shape index (κ2) is 6.04. The molecule has 4 rings (SSSR count). The summed E-state index contributed by atoms with van der Waals surface area (Å²) >= 11 is 0. The fourth-order valence-corrected chi connectivity index (χ4v) is 7.62. The molecule has 0 heterocycles. The van der Waals surface area contributed by atoms with E-state index in [4.69, 9.17) is 4.74 Å². The highest BCUT2D eigenvalue weighted by Crippen LogP contribution is 2.69. The minimum Gasteiger partial charge on any atom is -0.461 e. The van der Waals surface area contributed by atoms with Crippen LogP contribution in [0.25, 0.3) is 0 Å². The largest absolute Gasteiger partial charge is 0.461 e. The summed E-state index contributed by atoms with van der Waals surface area (Å²) in [5.41, 5.74) is -4.05. The van der Waals surface area contributed by atoms with E-state index in [0.29, 0.717) is 12.0 Å². The van der Waals surface area contributed by atoms with Gasteiger partial charge in [0.25, 0.3) is 0 Å². The number of aliphatic hydroxyl groups is 5. The van der Waals surface area contributed by atoms with Crippen molar-refractivity contribution in [3.8, 4) is 0 Å². The molecule has 164 valence electrons. The van der Waals surface area contributed by atoms with E-state index in [2.05, 4.69) is 6.58 Å². The van der Waals surface area contributed by atoms with Gasteiger partial charge in [0.15, 0.2) is 0 Å².